The van der Waals surface area contributed by atoms with E-state index in [1.54, 1.807) is 13.8 Å². The fourth-order valence-corrected chi connectivity index (χ4v) is 1.93. The second kappa shape index (κ2) is 5.86. The normalized spacial score (nSPS) is 22.5. The molecule has 1 saturated heterocycles. The second-order valence-electron chi connectivity index (χ2n) is 4.93. The van der Waals surface area contributed by atoms with Crippen LogP contribution in [0.15, 0.2) is 0 Å². The summed E-state index contributed by atoms with van der Waals surface area (Å²) in [6.45, 7) is 5.30. The molecule has 6 heteroatoms. The van der Waals surface area contributed by atoms with Crippen LogP contribution in [0, 0.1) is 5.92 Å². The molecular weight excluding hydrogens is 222 g/mol. The van der Waals surface area contributed by atoms with Crippen molar-refractivity contribution in [3.63, 3.8) is 0 Å². The Morgan fingerprint density at radius 1 is 1.41 bits per heavy atom. The van der Waals surface area contributed by atoms with Gasteiger partial charge in [0.1, 0.15) is 6.04 Å². The van der Waals surface area contributed by atoms with Crippen LogP contribution in [0.3, 0.4) is 0 Å². The summed E-state index contributed by atoms with van der Waals surface area (Å²) in [5.41, 5.74) is 0. The maximum atomic E-state index is 11.6. The molecule has 2 amide bonds. The van der Waals surface area contributed by atoms with Crippen molar-refractivity contribution in [2.75, 3.05) is 20.1 Å². The molecule has 17 heavy (non-hydrogen) atoms. The molecule has 1 rings (SSSR count). The van der Waals surface area contributed by atoms with E-state index in [9.17, 15) is 9.59 Å². The molecule has 98 valence electrons. The van der Waals surface area contributed by atoms with Crippen molar-refractivity contribution in [3.8, 4) is 0 Å². The van der Waals surface area contributed by atoms with Crippen LogP contribution in [0.5, 0.6) is 0 Å². The number of urea groups is 1. The quantitative estimate of drug-likeness (QED) is 0.654. The van der Waals surface area contributed by atoms with Crippen molar-refractivity contribution in [2.24, 2.45) is 5.92 Å². The maximum Gasteiger partial charge on any atom is 0.326 e. The van der Waals surface area contributed by atoms with Crippen LogP contribution in [0.1, 0.15) is 20.3 Å². The molecule has 0 radical (unpaired) electrons. The number of hydrogen-bond acceptors (Lipinski definition) is 3. The lowest BCUT2D eigenvalue weighted by Gasteiger charge is -2.20. The predicted octanol–water partition coefficient (Wildman–Crippen LogP) is 0.0989. The molecule has 1 aliphatic rings. The van der Waals surface area contributed by atoms with Crippen LogP contribution >= 0.6 is 0 Å². The molecule has 2 atom stereocenters. The first-order valence-corrected chi connectivity index (χ1v) is 5.88. The number of carboxylic acid groups (broad SMARTS) is 1. The topological polar surface area (TPSA) is 81.7 Å². The summed E-state index contributed by atoms with van der Waals surface area (Å²) in [7, 11) is 1.99. The van der Waals surface area contributed by atoms with Crippen LogP contribution in [0.4, 0.5) is 4.79 Å². The van der Waals surface area contributed by atoms with Gasteiger partial charge in [-0.2, -0.15) is 0 Å². The molecule has 0 aromatic heterocycles. The number of aliphatic carboxylic acids is 1. The van der Waals surface area contributed by atoms with Gasteiger partial charge in [0.15, 0.2) is 0 Å². The van der Waals surface area contributed by atoms with E-state index in [4.69, 9.17) is 5.11 Å². The van der Waals surface area contributed by atoms with E-state index in [-0.39, 0.29) is 12.0 Å². The van der Waals surface area contributed by atoms with Gasteiger partial charge in [0.25, 0.3) is 0 Å². The van der Waals surface area contributed by atoms with Crippen LogP contribution in [0.2, 0.25) is 0 Å². The van der Waals surface area contributed by atoms with Gasteiger partial charge in [-0.05, 0) is 25.9 Å². The third-order valence-electron chi connectivity index (χ3n) is 2.95. The summed E-state index contributed by atoms with van der Waals surface area (Å²) in [6.07, 6.45) is 0.906. The number of amides is 2. The Kier molecular flexibility index (Phi) is 4.74. The number of carboxylic acids is 1. The minimum absolute atomic E-state index is 0.113. The van der Waals surface area contributed by atoms with Crippen molar-refractivity contribution in [2.45, 2.75) is 32.4 Å². The molecule has 1 fully saturated rings. The lowest BCUT2D eigenvalue weighted by atomic mass is 10.1. The summed E-state index contributed by atoms with van der Waals surface area (Å²) in [5.74, 6) is -1.14. The van der Waals surface area contributed by atoms with Crippen molar-refractivity contribution in [1.82, 2.24) is 15.5 Å². The van der Waals surface area contributed by atoms with Gasteiger partial charge in [0, 0.05) is 12.6 Å². The van der Waals surface area contributed by atoms with Crippen LogP contribution < -0.4 is 10.6 Å². The Labute approximate surface area is 101 Å². The zero-order chi connectivity index (χ0) is 13.0. The number of carbonyl (C=O) groups is 2. The Balaban J connectivity index is 2.40. The summed E-state index contributed by atoms with van der Waals surface area (Å²) in [4.78, 5) is 24.7. The summed E-state index contributed by atoms with van der Waals surface area (Å²) < 4.78 is 0. The van der Waals surface area contributed by atoms with E-state index >= 15 is 0 Å². The average Bonchev–Trinajstić information content (AvgIpc) is 2.59. The monoisotopic (exact) mass is 243 g/mol. The lowest BCUT2D eigenvalue weighted by Crippen LogP contribution is -2.51. The van der Waals surface area contributed by atoms with Gasteiger partial charge in [-0.3, -0.25) is 0 Å². The molecule has 0 saturated carbocycles. The van der Waals surface area contributed by atoms with Gasteiger partial charge in [0.05, 0.1) is 0 Å². The average molecular weight is 243 g/mol. The number of likely N-dealkylation sites (N-methyl/N-ethyl adjacent to an activating group) is 1. The molecule has 0 aromatic carbocycles. The molecule has 1 aliphatic heterocycles. The molecule has 3 N–H and O–H groups in total. The zero-order valence-corrected chi connectivity index (χ0v) is 10.6. The highest BCUT2D eigenvalue weighted by Gasteiger charge is 2.26. The third-order valence-corrected chi connectivity index (χ3v) is 2.95. The van der Waals surface area contributed by atoms with Crippen molar-refractivity contribution < 1.29 is 14.7 Å². The van der Waals surface area contributed by atoms with E-state index in [1.807, 2.05) is 7.05 Å². The predicted molar refractivity (Wildman–Crippen MR) is 63.8 cm³/mol. The Bertz CT molecular complexity index is 294. The fourth-order valence-electron chi connectivity index (χ4n) is 1.93. The van der Waals surface area contributed by atoms with E-state index in [0.29, 0.717) is 0 Å². The Morgan fingerprint density at radius 2 is 2.06 bits per heavy atom. The van der Waals surface area contributed by atoms with Crippen molar-refractivity contribution in [1.29, 1.82) is 0 Å². The maximum absolute atomic E-state index is 11.6. The van der Waals surface area contributed by atoms with Crippen LogP contribution in [0.25, 0.3) is 0 Å². The first-order valence-electron chi connectivity index (χ1n) is 5.88. The molecular formula is C11H21N3O3. The van der Waals surface area contributed by atoms with Gasteiger partial charge in [-0.1, -0.05) is 13.8 Å². The fraction of sp³-hybridized carbons (Fsp3) is 0.818. The standard InChI is InChI=1S/C11H21N3O3/c1-7(2)9(10(15)16)13-11(17)12-8-4-5-14(3)6-8/h7-9H,4-6H2,1-3H3,(H,15,16)(H2,12,13,17)/t8?,9-/m1/s1. The van der Waals surface area contributed by atoms with Crippen molar-refractivity contribution >= 4 is 12.0 Å². The lowest BCUT2D eigenvalue weighted by molar-refractivity contribution is -0.140. The van der Waals surface area contributed by atoms with Gasteiger partial charge >= 0.3 is 12.0 Å². The first-order chi connectivity index (χ1) is 7.90. The Morgan fingerprint density at radius 3 is 2.47 bits per heavy atom. The van der Waals surface area contributed by atoms with Gasteiger partial charge < -0.3 is 20.6 Å². The summed E-state index contributed by atoms with van der Waals surface area (Å²) in [6, 6.07) is -1.12. The molecule has 0 aromatic rings. The molecule has 1 heterocycles. The van der Waals surface area contributed by atoms with Crippen molar-refractivity contribution in [3.05, 3.63) is 0 Å². The summed E-state index contributed by atoms with van der Waals surface area (Å²) >= 11 is 0. The van der Waals surface area contributed by atoms with E-state index < -0.39 is 18.0 Å². The number of hydrogen-bond donors (Lipinski definition) is 3. The first kappa shape index (κ1) is 13.8. The molecule has 1 unspecified atom stereocenters. The van der Waals surface area contributed by atoms with E-state index in [0.717, 1.165) is 19.5 Å². The molecule has 0 spiro atoms. The number of likely N-dealkylation sites (tertiary alicyclic amines) is 1. The highest BCUT2D eigenvalue weighted by molar-refractivity contribution is 5.82. The highest BCUT2D eigenvalue weighted by Crippen LogP contribution is 2.06. The third kappa shape index (κ3) is 4.22. The van der Waals surface area contributed by atoms with Gasteiger partial charge in [0.2, 0.25) is 0 Å². The number of nitrogens with one attached hydrogen (secondary N) is 2. The molecule has 0 bridgehead atoms. The second-order valence-corrected chi connectivity index (χ2v) is 4.93. The zero-order valence-electron chi connectivity index (χ0n) is 10.6. The van der Waals surface area contributed by atoms with E-state index in [2.05, 4.69) is 15.5 Å². The van der Waals surface area contributed by atoms with Crippen LogP contribution in [-0.2, 0) is 4.79 Å². The van der Waals surface area contributed by atoms with Gasteiger partial charge in [-0.15, -0.1) is 0 Å². The molecule has 6 nitrogen and oxygen atoms in total. The number of rotatable bonds is 4. The summed E-state index contributed by atoms with van der Waals surface area (Å²) in [5, 5.41) is 14.2. The largest absolute Gasteiger partial charge is 0.480 e. The Hall–Kier alpha value is -1.30. The van der Waals surface area contributed by atoms with Crippen LogP contribution in [-0.4, -0.2) is 54.2 Å². The number of carbonyl (C=O) groups excluding carboxylic acids is 1. The highest BCUT2D eigenvalue weighted by atomic mass is 16.4. The van der Waals surface area contributed by atoms with Gasteiger partial charge in [-0.25, -0.2) is 9.59 Å². The minimum Gasteiger partial charge on any atom is -0.480 e. The number of nitrogens with zero attached hydrogens (tertiary/aromatic N) is 1. The minimum atomic E-state index is -1.00. The molecule has 0 aliphatic carbocycles. The van der Waals surface area contributed by atoms with E-state index in [1.165, 1.54) is 0 Å². The smallest absolute Gasteiger partial charge is 0.326 e. The SMILES string of the molecule is CC(C)[C@@H](NC(=O)NC1CCN(C)C1)C(=O)O.